The van der Waals surface area contributed by atoms with E-state index >= 15 is 0 Å². The van der Waals surface area contributed by atoms with Crippen molar-refractivity contribution in [3.8, 4) is 0 Å². The lowest BCUT2D eigenvalue weighted by Gasteiger charge is -2.01. The van der Waals surface area contributed by atoms with Crippen molar-refractivity contribution < 1.29 is 0 Å². The zero-order chi connectivity index (χ0) is 12.1. The highest BCUT2D eigenvalue weighted by molar-refractivity contribution is 7.88. The van der Waals surface area contributed by atoms with E-state index in [2.05, 4.69) is 71.8 Å². The summed E-state index contributed by atoms with van der Waals surface area (Å²) in [6.07, 6.45) is 2.64. The first-order valence-corrected chi connectivity index (χ1v) is 7.11. The zero-order valence-corrected chi connectivity index (χ0v) is 12.1. The SMILES string of the molecule is CC(C)c1ccccc1.CCCC.P=S. The van der Waals surface area contributed by atoms with Gasteiger partial charge < -0.3 is 0 Å². The summed E-state index contributed by atoms with van der Waals surface area (Å²) in [6, 6.07) is 10.5. The standard InChI is InChI=1S/C9H12.C4H10.HPS/c1-8(2)9-6-4-3-5-7-9;1-3-4-2;1-2/h3-8H,1-2H3;3-4H2,1-2H3;1H. The molecule has 0 aromatic heterocycles. The van der Waals surface area contributed by atoms with E-state index in [0.717, 1.165) is 0 Å². The molecule has 0 saturated carbocycles. The molecule has 0 unspecified atom stereocenters. The van der Waals surface area contributed by atoms with Crippen LogP contribution in [0.15, 0.2) is 30.3 Å². The molecule has 1 rings (SSSR count). The van der Waals surface area contributed by atoms with E-state index in [-0.39, 0.29) is 0 Å². The van der Waals surface area contributed by atoms with Crippen molar-refractivity contribution in [2.24, 2.45) is 0 Å². The van der Waals surface area contributed by atoms with Crippen LogP contribution in [0.5, 0.6) is 0 Å². The molecule has 0 saturated heterocycles. The van der Waals surface area contributed by atoms with Gasteiger partial charge in [-0.25, -0.2) is 0 Å². The van der Waals surface area contributed by atoms with E-state index in [0.29, 0.717) is 5.92 Å². The molecule has 15 heavy (non-hydrogen) atoms. The monoisotopic (exact) mass is 242 g/mol. The first-order valence-electron chi connectivity index (χ1n) is 5.47. The maximum Gasteiger partial charge on any atom is -0.0219 e. The fraction of sp³-hybridized carbons (Fsp3) is 0.538. The van der Waals surface area contributed by atoms with Gasteiger partial charge in [-0.3, -0.25) is 0 Å². The molecular formula is C13H23PS. The Morgan fingerprint density at radius 3 is 1.60 bits per heavy atom. The van der Waals surface area contributed by atoms with Gasteiger partial charge in [0.1, 0.15) is 0 Å². The molecular weight excluding hydrogens is 219 g/mol. The molecule has 0 heterocycles. The van der Waals surface area contributed by atoms with Gasteiger partial charge in [0.05, 0.1) is 0 Å². The number of rotatable bonds is 2. The summed E-state index contributed by atoms with van der Waals surface area (Å²) in [5.41, 5.74) is 1.41. The maximum absolute atomic E-state index is 3.89. The second-order valence-electron chi connectivity index (χ2n) is 3.57. The number of benzene rings is 1. The van der Waals surface area contributed by atoms with E-state index in [1.165, 1.54) is 18.4 Å². The Hall–Kier alpha value is -0.260. The van der Waals surface area contributed by atoms with Crippen LogP contribution in [0.4, 0.5) is 0 Å². The van der Waals surface area contributed by atoms with Gasteiger partial charge in [0.15, 0.2) is 0 Å². The Morgan fingerprint density at radius 2 is 1.40 bits per heavy atom. The van der Waals surface area contributed by atoms with Crippen molar-refractivity contribution in [3.05, 3.63) is 35.9 Å². The van der Waals surface area contributed by atoms with E-state index in [4.69, 9.17) is 0 Å². The number of hydrogen-bond acceptors (Lipinski definition) is 1. The average molecular weight is 242 g/mol. The normalized spacial score (nSPS) is 8.33. The molecule has 2 heteroatoms. The largest absolute Gasteiger partial charge is 0.0654 e. The van der Waals surface area contributed by atoms with E-state index in [1.54, 1.807) is 0 Å². The van der Waals surface area contributed by atoms with Crippen molar-refractivity contribution >= 4 is 19.8 Å². The molecule has 0 amide bonds. The Balaban J connectivity index is 0. The topological polar surface area (TPSA) is 0 Å². The van der Waals surface area contributed by atoms with E-state index in [9.17, 15) is 0 Å². The minimum absolute atomic E-state index is 0.659. The molecule has 1 aromatic rings. The predicted octanol–water partition coefficient (Wildman–Crippen LogP) is 5.21. The Labute approximate surface area is 102 Å². The van der Waals surface area contributed by atoms with Crippen molar-refractivity contribution in [2.45, 2.75) is 46.5 Å². The second kappa shape index (κ2) is 13.7. The van der Waals surface area contributed by atoms with Crippen LogP contribution in [-0.2, 0) is 11.8 Å². The minimum Gasteiger partial charge on any atom is -0.0654 e. The lowest BCUT2D eigenvalue weighted by molar-refractivity contribution is 0.867. The quantitative estimate of drug-likeness (QED) is 0.642. The third kappa shape index (κ3) is 11.7. The first-order chi connectivity index (χ1) is 7.22. The molecule has 0 spiro atoms. The fourth-order valence-electron chi connectivity index (χ4n) is 0.838. The van der Waals surface area contributed by atoms with Gasteiger partial charge in [0.25, 0.3) is 0 Å². The molecule has 0 nitrogen and oxygen atoms in total. The van der Waals surface area contributed by atoms with Crippen LogP contribution >= 0.6 is 8.02 Å². The first kappa shape index (κ1) is 17.1. The summed E-state index contributed by atoms with van der Waals surface area (Å²) in [5.74, 6) is 0.659. The molecule has 0 bridgehead atoms. The van der Waals surface area contributed by atoms with Crippen molar-refractivity contribution in [3.63, 3.8) is 0 Å². The Kier molecular flexibility index (Phi) is 15.7. The summed E-state index contributed by atoms with van der Waals surface area (Å²) >= 11 is 3.89. The number of unbranched alkanes of at least 4 members (excludes halogenated alkanes) is 1. The second-order valence-corrected chi connectivity index (χ2v) is 3.57. The third-order valence-corrected chi connectivity index (χ3v) is 1.97. The van der Waals surface area contributed by atoms with Gasteiger partial charge in [-0.2, -0.15) is 0 Å². The lowest BCUT2D eigenvalue weighted by atomic mass is 10.0. The van der Waals surface area contributed by atoms with E-state index < -0.39 is 0 Å². The van der Waals surface area contributed by atoms with Crippen LogP contribution in [-0.4, -0.2) is 0 Å². The zero-order valence-electron chi connectivity index (χ0n) is 10.3. The van der Waals surface area contributed by atoms with Crippen LogP contribution in [0, 0.1) is 0 Å². The fourth-order valence-corrected chi connectivity index (χ4v) is 0.838. The Bertz CT molecular complexity index is 207. The van der Waals surface area contributed by atoms with Crippen LogP contribution in [0.25, 0.3) is 0 Å². The summed E-state index contributed by atoms with van der Waals surface area (Å²) in [4.78, 5) is 0. The van der Waals surface area contributed by atoms with Gasteiger partial charge in [-0.05, 0) is 19.5 Å². The molecule has 0 N–H and O–H groups in total. The predicted molar refractivity (Wildman–Crippen MR) is 76.8 cm³/mol. The summed E-state index contributed by atoms with van der Waals surface area (Å²) < 4.78 is 0. The van der Waals surface area contributed by atoms with Gasteiger partial charge >= 0.3 is 0 Å². The molecule has 0 aliphatic carbocycles. The van der Waals surface area contributed by atoms with Gasteiger partial charge in [-0.1, -0.05) is 82.7 Å². The highest BCUT2D eigenvalue weighted by atomic mass is 32.4. The van der Waals surface area contributed by atoms with Crippen molar-refractivity contribution in [1.29, 1.82) is 0 Å². The summed E-state index contributed by atoms with van der Waals surface area (Å²) in [5, 5.41) is 0. The molecule has 86 valence electrons. The van der Waals surface area contributed by atoms with Crippen LogP contribution < -0.4 is 0 Å². The van der Waals surface area contributed by atoms with Crippen molar-refractivity contribution in [2.75, 3.05) is 0 Å². The van der Waals surface area contributed by atoms with Crippen molar-refractivity contribution in [1.82, 2.24) is 0 Å². The molecule has 1 aromatic carbocycles. The average Bonchev–Trinajstić information content (AvgIpc) is 2.33. The highest BCUT2D eigenvalue weighted by Crippen LogP contribution is 2.11. The maximum atomic E-state index is 3.89. The Morgan fingerprint density at radius 1 is 1.00 bits per heavy atom. The van der Waals surface area contributed by atoms with Gasteiger partial charge in [0.2, 0.25) is 0 Å². The van der Waals surface area contributed by atoms with Crippen LogP contribution in [0.1, 0.15) is 52.0 Å². The van der Waals surface area contributed by atoms with Gasteiger partial charge in [-0.15, -0.1) is 0 Å². The lowest BCUT2D eigenvalue weighted by Crippen LogP contribution is -1.83. The highest BCUT2D eigenvalue weighted by Gasteiger charge is 1.93. The minimum atomic E-state index is 0.659. The molecule has 0 atom stereocenters. The molecule has 0 aliphatic rings. The summed E-state index contributed by atoms with van der Waals surface area (Å²) in [6.45, 7) is 8.77. The molecule has 0 aliphatic heterocycles. The third-order valence-electron chi connectivity index (χ3n) is 1.97. The van der Waals surface area contributed by atoms with Crippen LogP contribution in [0.2, 0.25) is 0 Å². The van der Waals surface area contributed by atoms with Crippen LogP contribution in [0.3, 0.4) is 0 Å². The summed E-state index contributed by atoms with van der Waals surface area (Å²) in [7, 11) is 2.56. The molecule has 0 radical (unpaired) electrons. The molecule has 0 fully saturated rings. The van der Waals surface area contributed by atoms with Gasteiger partial charge in [0, 0.05) is 0 Å². The smallest absolute Gasteiger partial charge is 0.0219 e. The van der Waals surface area contributed by atoms with E-state index in [1.807, 2.05) is 6.07 Å². The number of hydrogen-bond donors (Lipinski definition) is 0.